The molecule has 2 nitrogen and oxygen atoms in total. The fourth-order valence-electron chi connectivity index (χ4n) is 1.83. The number of hydrogen-bond acceptors (Lipinski definition) is 1. The Morgan fingerprint density at radius 1 is 1.11 bits per heavy atom. The van der Waals surface area contributed by atoms with Crippen LogP contribution in [0.5, 0.6) is 0 Å². The molecule has 94 valence electrons. The minimum atomic E-state index is -2.68. The summed E-state index contributed by atoms with van der Waals surface area (Å²) in [6, 6.07) is 10.9. The lowest BCUT2D eigenvalue weighted by Crippen LogP contribution is -2.20. The summed E-state index contributed by atoms with van der Waals surface area (Å²) in [4.78, 5) is 11.7. The average molecular weight is 249 g/mol. The molecule has 2 rings (SSSR count). The first-order chi connectivity index (χ1) is 8.63. The van der Waals surface area contributed by atoms with Crippen LogP contribution in [-0.2, 0) is 6.42 Å². The number of aryl methyl sites for hydroxylation is 1. The van der Waals surface area contributed by atoms with Gasteiger partial charge in [-0.05, 0) is 30.2 Å². The highest BCUT2D eigenvalue weighted by Gasteiger charge is 2.14. The molecule has 0 spiro atoms. The SMILES string of the molecule is CCc1ccc(-n2c(C(F)F)cccc2=O)cc1. The number of halogens is 2. The van der Waals surface area contributed by atoms with E-state index < -0.39 is 12.0 Å². The van der Waals surface area contributed by atoms with Crippen LogP contribution in [0.4, 0.5) is 8.78 Å². The molecule has 1 aromatic carbocycles. The van der Waals surface area contributed by atoms with Crippen molar-refractivity contribution >= 4 is 0 Å². The Labute approximate surface area is 104 Å². The van der Waals surface area contributed by atoms with Crippen molar-refractivity contribution in [3.8, 4) is 5.69 Å². The normalized spacial score (nSPS) is 10.9. The van der Waals surface area contributed by atoms with Gasteiger partial charge < -0.3 is 0 Å². The highest BCUT2D eigenvalue weighted by molar-refractivity contribution is 5.37. The monoisotopic (exact) mass is 249 g/mol. The topological polar surface area (TPSA) is 22.0 Å². The molecule has 0 aliphatic heterocycles. The van der Waals surface area contributed by atoms with Crippen molar-refractivity contribution in [2.75, 3.05) is 0 Å². The first kappa shape index (κ1) is 12.5. The Bertz CT molecular complexity index is 587. The van der Waals surface area contributed by atoms with E-state index in [-0.39, 0.29) is 5.69 Å². The second kappa shape index (κ2) is 5.12. The molecule has 1 aromatic heterocycles. The number of benzene rings is 1. The summed E-state index contributed by atoms with van der Waals surface area (Å²) in [5.41, 5.74) is 0.832. The average Bonchev–Trinajstić information content (AvgIpc) is 2.38. The maximum absolute atomic E-state index is 12.9. The zero-order valence-electron chi connectivity index (χ0n) is 9.94. The van der Waals surface area contributed by atoms with Gasteiger partial charge in [0.25, 0.3) is 12.0 Å². The van der Waals surface area contributed by atoms with E-state index in [1.165, 1.54) is 18.2 Å². The fraction of sp³-hybridized carbons (Fsp3) is 0.214. The quantitative estimate of drug-likeness (QED) is 0.817. The van der Waals surface area contributed by atoms with Gasteiger partial charge in [0.1, 0.15) is 0 Å². The van der Waals surface area contributed by atoms with E-state index >= 15 is 0 Å². The highest BCUT2D eigenvalue weighted by Crippen LogP contribution is 2.20. The van der Waals surface area contributed by atoms with Gasteiger partial charge in [0.2, 0.25) is 0 Å². The third-order valence-electron chi connectivity index (χ3n) is 2.81. The van der Waals surface area contributed by atoms with E-state index in [4.69, 9.17) is 0 Å². The van der Waals surface area contributed by atoms with Crippen LogP contribution in [0, 0.1) is 0 Å². The molecule has 0 radical (unpaired) electrons. The second-order valence-electron chi connectivity index (χ2n) is 3.94. The summed E-state index contributed by atoms with van der Waals surface area (Å²) in [6.45, 7) is 2.01. The maximum Gasteiger partial charge on any atom is 0.278 e. The van der Waals surface area contributed by atoms with Crippen LogP contribution in [0.1, 0.15) is 24.6 Å². The molecule has 0 unspecified atom stereocenters. The molecule has 0 N–H and O–H groups in total. The first-order valence-corrected chi connectivity index (χ1v) is 5.73. The van der Waals surface area contributed by atoms with Gasteiger partial charge in [0.15, 0.2) is 0 Å². The highest BCUT2D eigenvalue weighted by atomic mass is 19.3. The van der Waals surface area contributed by atoms with E-state index in [2.05, 4.69) is 0 Å². The summed E-state index contributed by atoms with van der Waals surface area (Å²) in [5.74, 6) is 0. The Morgan fingerprint density at radius 2 is 1.78 bits per heavy atom. The molecule has 1 heterocycles. The van der Waals surface area contributed by atoms with Gasteiger partial charge in [0, 0.05) is 11.8 Å². The molecular formula is C14H13F2NO. The van der Waals surface area contributed by atoms with Crippen LogP contribution < -0.4 is 5.56 Å². The number of rotatable bonds is 3. The van der Waals surface area contributed by atoms with Gasteiger partial charge in [-0.3, -0.25) is 9.36 Å². The lowest BCUT2D eigenvalue weighted by Gasteiger charge is -2.12. The minimum Gasteiger partial charge on any atom is -0.276 e. The predicted molar refractivity (Wildman–Crippen MR) is 66.4 cm³/mol. The van der Waals surface area contributed by atoms with Gasteiger partial charge in [0.05, 0.1) is 5.69 Å². The van der Waals surface area contributed by atoms with Crippen molar-refractivity contribution in [1.82, 2.24) is 4.57 Å². The standard InChI is InChI=1S/C14H13F2NO/c1-2-10-6-8-11(9-7-10)17-12(14(15)16)4-3-5-13(17)18/h3-9,14H,2H2,1H3. The number of pyridine rings is 1. The zero-order chi connectivity index (χ0) is 13.1. The Hall–Kier alpha value is -1.97. The Balaban J connectivity index is 2.58. The third kappa shape index (κ3) is 2.32. The minimum absolute atomic E-state index is 0.285. The third-order valence-corrected chi connectivity index (χ3v) is 2.81. The predicted octanol–water partition coefficient (Wildman–Crippen LogP) is 3.34. The lowest BCUT2D eigenvalue weighted by molar-refractivity contribution is 0.143. The molecule has 0 amide bonds. The molecular weight excluding hydrogens is 236 g/mol. The summed E-state index contributed by atoms with van der Waals surface area (Å²) in [7, 11) is 0. The molecule has 0 aliphatic rings. The van der Waals surface area contributed by atoms with Crippen molar-refractivity contribution in [2.45, 2.75) is 19.8 Å². The number of nitrogens with zero attached hydrogens (tertiary/aromatic N) is 1. The van der Waals surface area contributed by atoms with Crippen molar-refractivity contribution in [1.29, 1.82) is 0 Å². The molecule has 0 fully saturated rings. The summed E-state index contributed by atoms with van der Waals surface area (Å²) in [6.07, 6.45) is -1.81. The van der Waals surface area contributed by atoms with Crippen LogP contribution in [0.2, 0.25) is 0 Å². The van der Waals surface area contributed by atoms with Gasteiger partial charge in [-0.2, -0.15) is 0 Å². The van der Waals surface area contributed by atoms with E-state index in [1.54, 1.807) is 12.1 Å². The van der Waals surface area contributed by atoms with Crippen LogP contribution in [0.3, 0.4) is 0 Å². The maximum atomic E-state index is 12.9. The first-order valence-electron chi connectivity index (χ1n) is 5.73. The van der Waals surface area contributed by atoms with Crippen molar-refractivity contribution < 1.29 is 8.78 Å². The molecule has 0 bridgehead atoms. The summed E-state index contributed by atoms with van der Waals surface area (Å²) in [5, 5.41) is 0. The van der Waals surface area contributed by atoms with Gasteiger partial charge >= 0.3 is 0 Å². The van der Waals surface area contributed by atoms with Crippen molar-refractivity contribution in [3.63, 3.8) is 0 Å². The van der Waals surface area contributed by atoms with Gasteiger partial charge in [-0.15, -0.1) is 0 Å². The van der Waals surface area contributed by atoms with Crippen LogP contribution in [0.25, 0.3) is 5.69 Å². The smallest absolute Gasteiger partial charge is 0.276 e. The number of alkyl halides is 2. The van der Waals surface area contributed by atoms with E-state index in [0.717, 1.165) is 16.6 Å². The van der Waals surface area contributed by atoms with E-state index in [0.29, 0.717) is 5.69 Å². The summed E-state index contributed by atoms with van der Waals surface area (Å²) < 4.78 is 26.8. The molecule has 0 saturated heterocycles. The molecule has 4 heteroatoms. The van der Waals surface area contributed by atoms with Crippen LogP contribution in [0.15, 0.2) is 47.3 Å². The second-order valence-corrected chi connectivity index (χ2v) is 3.94. The lowest BCUT2D eigenvalue weighted by atomic mass is 10.1. The van der Waals surface area contributed by atoms with Crippen LogP contribution in [-0.4, -0.2) is 4.57 Å². The zero-order valence-corrected chi connectivity index (χ0v) is 9.94. The molecule has 0 saturated carbocycles. The van der Waals surface area contributed by atoms with E-state index in [1.807, 2.05) is 19.1 Å². The number of aromatic nitrogens is 1. The Kier molecular flexibility index (Phi) is 3.55. The fourth-order valence-corrected chi connectivity index (χ4v) is 1.83. The molecule has 0 aliphatic carbocycles. The summed E-state index contributed by atoms with van der Waals surface area (Å²) >= 11 is 0. The largest absolute Gasteiger partial charge is 0.278 e. The Morgan fingerprint density at radius 3 is 2.33 bits per heavy atom. The molecule has 2 aromatic rings. The van der Waals surface area contributed by atoms with Crippen LogP contribution >= 0.6 is 0 Å². The van der Waals surface area contributed by atoms with Crippen molar-refractivity contribution in [3.05, 3.63) is 64.1 Å². The van der Waals surface area contributed by atoms with E-state index in [9.17, 15) is 13.6 Å². The van der Waals surface area contributed by atoms with Crippen molar-refractivity contribution in [2.24, 2.45) is 0 Å². The number of hydrogen-bond donors (Lipinski definition) is 0. The van der Waals surface area contributed by atoms with Gasteiger partial charge in [-0.25, -0.2) is 8.78 Å². The van der Waals surface area contributed by atoms with Gasteiger partial charge in [-0.1, -0.05) is 25.1 Å². The molecule has 0 atom stereocenters. The molecule has 18 heavy (non-hydrogen) atoms.